The van der Waals surface area contributed by atoms with Crippen LogP contribution in [-0.2, 0) is 11.4 Å². The Balaban J connectivity index is 2.25. The van der Waals surface area contributed by atoms with Crippen LogP contribution in [0.5, 0.6) is 0 Å². The molecule has 2 nitrogen and oxygen atoms in total. The van der Waals surface area contributed by atoms with Gasteiger partial charge in [-0.25, -0.2) is 4.98 Å². The lowest BCUT2D eigenvalue weighted by Crippen LogP contribution is -2.40. The van der Waals surface area contributed by atoms with Crippen LogP contribution >= 0.6 is 27.5 Å². The van der Waals surface area contributed by atoms with Gasteiger partial charge in [-0.1, -0.05) is 22.9 Å². The summed E-state index contributed by atoms with van der Waals surface area (Å²) in [6.45, 7) is 2.27. The Morgan fingerprint density at radius 2 is 2.22 bits per heavy atom. The molecule has 4 heteroatoms. The Kier molecular flexibility index (Phi) is 3.15. The largest absolute Gasteiger partial charge is 0.321 e. The molecule has 0 unspecified atom stereocenters. The van der Waals surface area contributed by atoms with Gasteiger partial charge in [-0.3, -0.25) is 0 Å². The molecule has 2 aromatic rings. The van der Waals surface area contributed by atoms with E-state index in [0.29, 0.717) is 5.88 Å². The third-order valence-electron chi connectivity index (χ3n) is 4.22. The molecular weight excluding hydrogens is 312 g/mol. The fourth-order valence-electron chi connectivity index (χ4n) is 3.04. The van der Waals surface area contributed by atoms with Gasteiger partial charge < -0.3 is 4.57 Å². The van der Waals surface area contributed by atoms with Crippen molar-refractivity contribution in [2.45, 2.75) is 44.0 Å². The van der Waals surface area contributed by atoms with Gasteiger partial charge in [0.1, 0.15) is 5.82 Å². The van der Waals surface area contributed by atoms with E-state index in [1.807, 2.05) is 0 Å². The van der Waals surface area contributed by atoms with Crippen molar-refractivity contribution in [1.29, 1.82) is 0 Å². The van der Waals surface area contributed by atoms with Crippen molar-refractivity contribution in [3.8, 4) is 0 Å². The van der Waals surface area contributed by atoms with E-state index in [4.69, 9.17) is 11.6 Å². The van der Waals surface area contributed by atoms with Crippen LogP contribution in [0.15, 0.2) is 22.7 Å². The molecule has 1 saturated carbocycles. The van der Waals surface area contributed by atoms with Crippen molar-refractivity contribution >= 4 is 38.6 Å². The molecule has 1 aliphatic rings. The van der Waals surface area contributed by atoms with Crippen LogP contribution in [0.4, 0.5) is 0 Å². The fourth-order valence-corrected chi connectivity index (χ4v) is 3.57. The molecule has 0 amide bonds. The second-order valence-electron chi connectivity index (χ2n) is 5.06. The maximum atomic E-state index is 6.09. The molecule has 1 aromatic carbocycles. The average Bonchev–Trinajstić information content (AvgIpc) is 2.67. The highest BCUT2D eigenvalue weighted by Gasteiger charge is 2.39. The maximum absolute atomic E-state index is 6.09. The number of hydrogen-bond acceptors (Lipinski definition) is 1. The molecule has 1 heterocycles. The minimum Gasteiger partial charge on any atom is -0.321 e. The van der Waals surface area contributed by atoms with E-state index in [9.17, 15) is 0 Å². The molecule has 3 rings (SSSR count). The smallest absolute Gasteiger partial charge is 0.125 e. The van der Waals surface area contributed by atoms with Crippen LogP contribution < -0.4 is 0 Å². The topological polar surface area (TPSA) is 17.8 Å². The minimum absolute atomic E-state index is 0.257. The molecule has 0 spiro atoms. The van der Waals surface area contributed by atoms with E-state index >= 15 is 0 Å². The second kappa shape index (κ2) is 4.53. The first-order chi connectivity index (χ1) is 8.70. The fraction of sp³-hybridized carbons (Fsp3) is 0.500. The Morgan fingerprint density at radius 1 is 1.44 bits per heavy atom. The number of halogens is 2. The van der Waals surface area contributed by atoms with Crippen molar-refractivity contribution in [1.82, 2.24) is 9.55 Å². The average molecular weight is 328 g/mol. The standard InChI is InChI=1S/C14H16BrClN2/c1-2-14(6-3-7-14)18-12-5-4-10(15)8-11(12)17-13(18)9-16/h4-5,8H,2-3,6-7,9H2,1H3. The van der Waals surface area contributed by atoms with E-state index < -0.39 is 0 Å². The van der Waals surface area contributed by atoms with Gasteiger partial charge in [0.2, 0.25) is 0 Å². The molecule has 0 aliphatic heterocycles. The van der Waals surface area contributed by atoms with Gasteiger partial charge in [-0.15, -0.1) is 11.6 Å². The Bertz CT molecular complexity index is 581. The van der Waals surface area contributed by atoms with Gasteiger partial charge >= 0.3 is 0 Å². The molecule has 96 valence electrons. The number of rotatable bonds is 3. The van der Waals surface area contributed by atoms with Crippen molar-refractivity contribution < 1.29 is 0 Å². The molecular formula is C14H16BrClN2. The monoisotopic (exact) mass is 326 g/mol. The zero-order valence-corrected chi connectivity index (χ0v) is 12.8. The zero-order chi connectivity index (χ0) is 12.8. The first kappa shape index (κ1) is 12.5. The van der Waals surface area contributed by atoms with Gasteiger partial charge in [0.05, 0.1) is 16.9 Å². The number of imidazole rings is 1. The lowest BCUT2D eigenvalue weighted by molar-refractivity contribution is 0.138. The van der Waals surface area contributed by atoms with Crippen LogP contribution in [-0.4, -0.2) is 9.55 Å². The molecule has 0 N–H and O–H groups in total. The van der Waals surface area contributed by atoms with Crippen molar-refractivity contribution in [3.63, 3.8) is 0 Å². The van der Waals surface area contributed by atoms with Crippen LogP contribution in [0.1, 0.15) is 38.4 Å². The summed E-state index contributed by atoms with van der Waals surface area (Å²) in [4.78, 5) is 4.69. The Morgan fingerprint density at radius 3 is 2.78 bits per heavy atom. The molecule has 0 atom stereocenters. The lowest BCUT2D eigenvalue weighted by atomic mass is 9.74. The quantitative estimate of drug-likeness (QED) is 0.739. The molecule has 0 saturated heterocycles. The van der Waals surface area contributed by atoms with Crippen LogP contribution in [0.25, 0.3) is 11.0 Å². The van der Waals surface area contributed by atoms with Crippen molar-refractivity contribution in [3.05, 3.63) is 28.5 Å². The summed E-state index contributed by atoms with van der Waals surface area (Å²) < 4.78 is 3.46. The summed E-state index contributed by atoms with van der Waals surface area (Å²) in [6, 6.07) is 6.31. The van der Waals surface area contributed by atoms with Gasteiger partial charge in [-0.2, -0.15) is 0 Å². The third kappa shape index (κ3) is 1.71. The highest BCUT2D eigenvalue weighted by Crippen LogP contribution is 2.45. The zero-order valence-electron chi connectivity index (χ0n) is 10.4. The predicted octanol–water partition coefficient (Wildman–Crippen LogP) is 4.83. The highest BCUT2D eigenvalue weighted by atomic mass is 79.9. The van der Waals surface area contributed by atoms with Gasteiger partial charge in [0, 0.05) is 10.0 Å². The first-order valence-corrected chi connectivity index (χ1v) is 7.76. The number of nitrogens with zero attached hydrogens (tertiary/aromatic N) is 2. The lowest BCUT2D eigenvalue weighted by Gasteiger charge is -2.44. The van der Waals surface area contributed by atoms with Gasteiger partial charge in [0.15, 0.2) is 0 Å². The van der Waals surface area contributed by atoms with Gasteiger partial charge in [0.25, 0.3) is 0 Å². The molecule has 1 aromatic heterocycles. The van der Waals surface area contributed by atoms with Crippen LogP contribution in [0, 0.1) is 0 Å². The minimum atomic E-state index is 0.257. The normalized spacial score (nSPS) is 17.9. The summed E-state index contributed by atoms with van der Waals surface area (Å²) in [5, 5.41) is 0. The molecule has 1 fully saturated rings. The molecule has 18 heavy (non-hydrogen) atoms. The Hall–Kier alpha value is -0.540. The van der Waals surface area contributed by atoms with E-state index in [1.165, 1.54) is 24.8 Å². The maximum Gasteiger partial charge on any atom is 0.125 e. The molecule has 0 bridgehead atoms. The van der Waals surface area contributed by atoms with Crippen molar-refractivity contribution in [2.24, 2.45) is 0 Å². The molecule has 0 radical (unpaired) electrons. The third-order valence-corrected chi connectivity index (χ3v) is 4.95. The second-order valence-corrected chi connectivity index (χ2v) is 6.24. The van der Waals surface area contributed by atoms with E-state index in [2.05, 4.69) is 50.6 Å². The number of hydrogen-bond donors (Lipinski definition) is 0. The van der Waals surface area contributed by atoms with E-state index in [0.717, 1.165) is 22.2 Å². The number of fused-ring (bicyclic) bond motifs is 1. The van der Waals surface area contributed by atoms with Crippen molar-refractivity contribution in [2.75, 3.05) is 0 Å². The van der Waals surface area contributed by atoms with Crippen LogP contribution in [0.2, 0.25) is 0 Å². The summed E-state index contributed by atoms with van der Waals surface area (Å²) in [5.41, 5.74) is 2.52. The number of alkyl halides is 1. The first-order valence-electron chi connectivity index (χ1n) is 6.43. The summed E-state index contributed by atoms with van der Waals surface area (Å²) >= 11 is 9.60. The summed E-state index contributed by atoms with van der Waals surface area (Å²) in [6.07, 6.45) is 4.95. The predicted molar refractivity (Wildman–Crippen MR) is 79.1 cm³/mol. The number of benzene rings is 1. The Labute approximate surface area is 120 Å². The van der Waals surface area contributed by atoms with E-state index in [-0.39, 0.29) is 5.54 Å². The van der Waals surface area contributed by atoms with E-state index in [1.54, 1.807) is 0 Å². The highest BCUT2D eigenvalue weighted by molar-refractivity contribution is 9.10. The summed E-state index contributed by atoms with van der Waals surface area (Å²) in [7, 11) is 0. The van der Waals surface area contributed by atoms with Gasteiger partial charge in [-0.05, 0) is 43.9 Å². The van der Waals surface area contributed by atoms with Crippen LogP contribution in [0.3, 0.4) is 0 Å². The SMILES string of the molecule is CCC1(n2c(CCl)nc3cc(Br)ccc32)CCC1. The molecule has 1 aliphatic carbocycles. The number of aromatic nitrogens is 2. The summed E-state index contributed by atoms with van der Waals surface area (Å²) in [5.74, 6) is 1.49.